The van der Waals surface area contributed by atoms with Crippen molar-refractivity contribution < 1.29 is 19.1 Å². The lowest BCUT2D eigenvalue weighted by Crippen LogP contribution is -2.35. The Morgan fingerprint density at radius 3 is 2.03 bits per heavy atom. The average molecular weight is 443 g/mol. The van der Waals surface area contributed by atoms with Gasteiger partial charge in [-0.2, -0.15) is 0 Å². The molecule has 6 heteroatoms. The second-order valence-electron chi connectivity index (χ2n) is 7.45. The second kappa shape index (κ2) is 12.0. The average Bonchev–Trinajstić information content (AvgIpc) is 2.83. The van der Waals surface area contributed by atoms with Gasteiger partial charge in [0.25, 0.3) is 5.91 Å². The fourth-order valence-corrected chi connectivity index (χ4v) is 3.28. The molecule has 3 rings (SSSR count). The standard InChI is InChI=1S/C27H26N2O4/c1-20(30)28-25(18-22-13-7-3-8-14-22)27(32)33-19-26(31)29-24(23-15-9-4-10-16-23)17-21-11-5-2-6-12-21/h2-16,18,24H,17,19H2,1H3,(H,28,30)(H,29,31)/b25-18-. The first-order chi connectivity index (χ1) is 16.0. The van der Waals surface area contributed by atoms with Gasteiger partial charge >= 0.3 is 5.97 Å². The zero-order valence-corrected chi connectivity index (χ0v) is 18.4. The molecule has 0 heterocycles. The predicted molar refractivity (Wildman–Crippen MR) is 127 cm³/mol. The van der Waals surface area contributed by atoms with E-state index in [9.17, 15) is 14.4 Å². The maximum Gasteiger partial charge on any atom is 0.355 e. The number of ether oxygens (including phenoxy) is 1. The fraction of sp³-hybridized carbons (Fsp3) is 0.148. The number of rotatable bonds is 9. The van der Waals surface area contributed by atoms with Crippen molar-refractivity contribution in [2.75, 3.05) is 6.61 Å². The van der Waals surface area contributed by atoms with Crippen LogP contribution in [0.2, 0.25) is 0 Å². The summed E-state index contributed by atoms with van der Waals surface area (Å²) in [4.78, 5) is 36.7. The van der Waals surface area contributed by atoms with E-state index in [0.29, 0.717) is 6.42 Å². The minimum absolute atomic E-state index is 0.0367. The molecule has 1 unspecified atom stereocenters. The minimum Gasteiger partial charge on any atom is -0.451 e. The van der Waals surface area contributed by atoms with Crippen molar-refractivity contribution >= 4 is 23.9 Å². The van der Waals surface area contributed by atoms with E-state index in [1.165, 1.54) is 13.0 Å². The van der Waals surface area contributed by atoms with Crippen molar-refractivity contribution in [2.24, 2.45) is 0 Å². The lowest BCUT2D eigenvalue weighted by atomic mass is 9.99. The molecule has 0 saturated heterocycles. The van der Waals surface area contributed by atoms with Gasteiger partial charge in [0.15, 0.2) is 6.61 Å². The number of carbonyl (C=O) groups excluding carboxylic acids is 3. The molecular formula is C27H26N2O4. The number of carbonyl (C=O) groups is 3. The van der Waals surface area contributed by atoms with Gasteiger partial charge in [-0.25, -0.2) is 4.79 Å². The molecule has 0 radical (unpaired) electrons. The summed E-state index contributed by atoms with van der Waals surface area (Å²) in [6, 6.07) is 28.2. The van der Waals surface area contributed by atoms with Gasteiger partial charge in [0.1, 0.15) is 5.70 Å². The minimum atomic E-state index is -0.788. The molecule has 168 valence electrons. The Labute approximate surface area is 193 Å². The first kappa shape index (κ1) is 23.5. The number of hydrogen-bond donors (Lipinski definition) is 2. The third-order valence-electron chi connectivity index (χ3n) is 4.80. The highest BCUT2D eigenvalue weighted by Crippen LogP contribution is 2.18. The van der Waals surface area contributed by atoms with E-state index in [4.69, 9.17) is 4.74 Å². The normalized spacial score (nSPS) is 11.8. The summed E-state index contributed by atoms with van der Waals surface area (Å²) in [6.07, 6.45) is 2.10. The first-order valence-electron chi connectivity index (χ1n) is 10.6. The lowest BCUT2D eigenvalue weighted by molar-refractivity contribution is -0.145. The van der Waals surface area contributed by atoms with Gasteiger partial charge < -0.3 is 15.4 Å². The summed E-state index contributed by atoms with van der Waals surface area (Å²) in [5.41, 5.74) is 2.70. The van der Waals surface area contributed by atoms with Crippen molar-refractivity contribution in [1.29, 1.82) is 0 Å². The topological polar surface area (TPSA) is 84.5 Å². The van der Waals surface area contributed by atoms with Gasteiger partial charge in [0.2, 0.25) is 5.91 Å². The highest BCUT2D eigenvalue weighted by atomic mass is 16.5. The van der Waals surface area contributed by atoms with Gasteiger partial charge in [0.05, 0.1) is 6.04 Å². The Bertz CT molecular complexity index is 1100. The molecule has 0 saturated carbocycles. The molecule has 1 atom stereocenters. The van der Waals surface area contributed by atoms with E-state index in [1.54, 1.807) is 12.1 Å². The fourth-order valence-electron chi connectivity index (χ4n) is 3.28. The van der Waals surface area contributed by atoms with Crippen LogP contribution in [0.15, 0.2) is 96.7 Å². The molecule has 3 aromatic carbocycles. The van der Waals surface area contributed by atoms with Crippen LogP contribution in [0.1, 0.15) is 29.7 Å². The molecule has 3 aromatic rings. The van der Waals surface area contributed by atoms with Crippen molar-refractivity contribution in [3.63, 3.8) is 0 Å². The zero-order valence-electron chi connectivity index (χ0n) is 18.4. The monoisotopic (exact) mass is 442 g/mol. The summed E-state index contributed by atoms with van der Waals surface area (Å²) in [6.45, 7) is 0.829. The van der Waals surface area contributed by atoms with Crippen LogP contribution >= 0.6 is 0 Å². The highest BCUT2D eigenvalue weighted by molar-refractivity contribution is 5.98. The molecule has 0 aliphatic heterocycles. The first-order valence-corrected chi connectivity index (χ1v) is 10.6. The van der Waals surface area contributed by atoms with E-state index >= 15 is 0 Å². The van der Waals surface area contributed by atoms with Gasteiger partial charge in [-0.05, 0) is 29.2 Å². The van der Waals surface area contributed by atoms with Gasteiger partial charge in [-0.1, -0.05) is 91.0 Å². The molecule has 33 heavy (non-hydrogen) atoms. The molecule has 0 aliphatic rings. The number of amides is 2. The lowest BCUT2D eigenvalue weighted by Gasteiger charge is -2.19. The van der Waals surface area contributed by atoms with Crippen molar-refractivity contribution in [3.05, 3.63) is 113 Å². The van der Waals surface area contributed by atoms with Crippen molar-refractivity contribution in [2.45, 2.75) is 19.4 Å². The molecular weight excluding hydrogens is 416 g/mol. The van der Waals surface area contributed by atoms with E-state index in [-0.39, 0.29) is 11.7 Å². The third-order valence-corrected chi connectivity index (χ3v) is 4.80. The van der Waals surface area contributed by atoms with E-state index in [2.05, 4.69) is 10.6 Å². The molecule has 0 aromatic heterocycles. The zero-order chi connectivity index (χ0) is 23.5. The van der Waals surface area contributed by atoms with E-state index in [1.807, 2.05) is 78.9 Å². The number of hydrogen-bond acceptors (Lipinski definition) is 4. The number of benzene rings is 3. The second-order valence-corrected chi connectivity index (χ2v) is 7.45. The van der Waals surface area contributed by atoms with Crippen LogP contribution in [0.5, 0.6) is 0 Å². The summed E-state index contributed by atoms with van der Waals surface area (Å²) in [7, 11) is 0. The van der Waals surface area contributed by atoms with E-state index < -0.39 is 24.4 Å². The Morgan fingerprint density at radius 1 is 0.848 bits per heavy atom. The predicted octanol–water partition coefficient (Wildman–Crippen LogP) is 3.81. The maximum atomic E-state index is 12.6. The largest absolute Gasteiger partial charge is 0.451 e. The quantitative estimate of drug-likeness (QED) is 0.390. The van der Waals surface area contributed by atoms with Gasteiger partial charge in [-0.3, -0.25) is 9.59 Å². The molecule has 2 N–H and O–H groups in total. The van der Waals surface area contributed by atoms with Crippen molar-refractivity contribution in [1.82, 2.24) is 10.6 Å². The molecule has 6 nitrogen and oxygen atoms in total. The molecule has 2 amide bonds. The van der Waals surface area contributed by atoms with E-state index in [0.717, 1.165) is 16.7 Å². The number of esters is 1. The number of nitrogens with one attached hydrogen (secondary N) is 2. The van der Waals surface area contributed by atoms with Crippen LogP contribution in [0.4, 0.5) is 0 Å². The Balaban J connectivity index is 1.66. The van der Waals surface area contributed by atoms with Crippen LogP contribution in [0.3, 0.4) is 0 Å². The summed E-state index contributed by atoms with van der Waals surface area (Å²) in [5.74, 6) is -1.64. The Hall–Kier alpha value is -4.19. The smallest absolute Gasteiger partial charge is 0.355 e. The van der Waals surface area contributed by atoms with Crippen LogP contribution < -0.4 is 10.6 Å². The molecule has 0 fully saturated rings. The summed E-state index contributed by atoms with van der Waals surface area (Å²) < 4.78 is 5.19. The maximum absolute atomic E-state index is 12.6. The SMILES string of the molecule is CC(=O)N/C(=C\c1ccccc1)C(=O)OCC(=O)NC(Cc1ccccc1)c1ccccc1. The molecule has 0 bridgehead atoms. The highest BCUT2D eigenvalue weighted by Gasteiger charge is 2.18. The van der Waals surface area contributed by atoms with Crippen LogP contribution in [-0.2, 0) is 25.5 Å². The van der Waals surface area contributed by atoms with Crippen molar-refractivity contribution in [3.8, 4) is 0 Å². The van der Waals surface area contributed by atoms with Crippen LogP contribution in [0, 0.1) is 0 Å². The third kappa shape index (κ3) is 7.78. The Morgan fingerprint density at radius 2 is 1.42 bits per heavy atom. The molecule has 0 aliphatic carbocycles. The van der Waals surface area contributed by atoms with Crippen LogP contribution in [0.25, 0.3) is 6.08 Å². The summed E-state index contributed by atoms with van der Waals surface area (Å²) >= 11 is 0. The van der Waals surface area contributed by atoms with Crippen LogP contribution in [-0.4, -0.2) is 24.4 Å². The summed E-state index contributed by atoms with van der Waals surface area (Å²) in [5, 5.41) is 5.41. The van der Waals surface area contributed by atoms with Gasteiger partial charge in [-0.15, -0.1) is 0 Å². The molecule has 0 spiro atoms. The Kier molecular flexibility index (Phi) is 8.54. The van der Waals surface area contributed by atoms with Gasteiger partial charge in [0, 0.05) is 6.92 Å².